The fourth-order valence-corrected chi connectivity index (χ4v) is 12.7. The molecule has 0 aliphatic carbocycles. The Morgan fingerprint density at radius 3 is 0.739 bits per heavy atom. The highest BCUT2D eigenvalue weighted by Gasteiger charge is 2.30. The third-order valence-corrected chi connectivity index (χ3v) is 18.9. The Labute approximate surface area is 562 Å². The fraction of sp³-hybridized carbons (Fsp3) is 0.945. The summed E-state index contributed by atoms with van der Waals surface area (Å²) < 4.78 is 68.3. The minimum atomic E-state index is -4.95. The summed E-state index contributed by atoms with van der Waals surface area (Å²) in [6, 6.07) is 0. The van der Waals surface area contributed by atoms with Crippen LogP contribution in [0.3, 0.4) is 0 Å². The molecule has 17 nitrogen and oxygen atoms in total. The van der Waals surface area contributed by atoms with Gasteiger partial charge in [-0.05, 0) is 37.5 Å². The summed E-state index contributed by atoms with van der Waals surface area (Å²) >= 11 is 0. The van der Waals surface area contributed by atoms with Crippen molar-refractivity contribution < 1.29 is 80.2 Å². The van der Waals surface area contributed by atoms with E-state index < -0.39 is 97.5 Å². The van der Waals surface area contributed by atoms with E-state index in [1.54, 1.807) is 0 Å². The van der Waals surface area contributed by atoms with Crippen molar-refractivity contribution in [3.05, 3.63) is 0 Å². The van der Waals surface area contributed by atoms with E-state index in [0.29, 0.717) is 31.6 Å². The summed E-state index contributed by atoms with van der Waals surface area (Å²) in [4.78, 5) is 72.6. The molecule has 0 spiro atoms. The van der Waals surface area contributed by atoms with Crippen LogP contribution >= 0.6 is 15.6 Å². The summed E-state index contributed by atoms with van der Waals surface area (Å²) in [7, 11) is -9.90. The van der Waals surface area contributed by atoms with Gasteiger partial charge in [0.15, 0.2) is 12.2 Å². The molecular formula is C73H142O17P2. The van der Waals surface area contributed by atoms with Gasteiger partial charge in [-0.25, -0.2) is 9.13 Å². The Kier molecular flexibility index (Phi) is 63.7. The third-order valence-electron chi connectivity index (χ3n) is 17.0. The van der Waals surface area contributed by atoms with Crippen LogP contribution in [0, 0.1) is 11.8 Å². The molecule has 5 atom stereocenters. The monoisotopic (exact) mass is 1350 g/mol. The van der Waals surface area contributed by atoms with Crippen molar-refractivity contribution in [2.24, 2.45) is 11.8 Å². The highest BCUT2D eigenvalue weighted by molar-refractivity contribution is 7.47. The molecule has 0 bridgehead atoms. The number of rotatable bonds is 72. The van der Waals surface area contributed by atoms with E-state index in [9.17, 15) is 43.2 Å². The number of ether oxygens (including phenoxy) is 4. The van der Waals surface area contributed by atoms with Crippen molar-refractivity contribution in [2.45, 2.75) is 394 Å². The quantitative estimate of drug-likeness (QED) is 0.0222. The number of phosphoric ester groups is 2. The van der Waals surface area contributed by atoms with E-state index in [0.717, 1.165) is 102 Å². The largest absolute Gasteiger partial charge is 0.472 e. The van der Waals surface area contributed by atoms with Crippen LogP contribution in [0.15, 0.2) is 0 Å². The number of aliphatic hydroxyl groups is 1. The standard InChI is InChI=1S/C73H142O17P2/c1-7-9-11-13-15-17-19-20-21-22-26-29-33-36-43-49-55-70(75)83-61-68(89-73(78)58-52-46-38-34-30-27-24-23-25-28-31-35-41-47-53-65(3)4)63-87-91(79,80)85-59-67(74)60-86-92(81,82)88-64-69(62-84-71(76)56-50-44-40-39-42-48-54-66(5)6)90-72(77)57-51-45-37-32-18-16-14-12-10-8-2/h65-69,74H,7-64H2,1-6H3,(H,79,80)(H,81,82)/t67-,68-,69-/m1/s1. The van der Waals surface area contributed by atoms with Gasteiger partial charge in [0.1, 0.15) is 19.3 Å². The zero-order valence-corrected chi connectivity index (χ0v) is 61.6. The average molecular weight is 1350 g/mol. The normalized spacial score (nSPS) is 14.1. The van der Waals surface area contributed by atoms with Gasteiger partial charge >= 0.3 is 39.5 Å². The molecule has 92 heavy (non-hydrogen) atoms. The first kappa shape index (κ1) is 90.1. The van der Waals surface area contributed by atoms with Crippen LogP contribution in [-0.2, 0) is 65.4 Å². The smallest absolute Gasteiger partial charge is 0.462 e. The molecule has 0 saturated heterocycles. The molecule has 2 unspecified atom stereocenters. The molecule has 0 aromatic rings. The van der Waals surface area contributed by atoms with Crippen LogP contribution in [0.25, 0.3) is 0 Å². The lowest BCUT2D eigenvalue weighted by Gasteiger charge is -2.21. The van der Waals surface area contributed by atoms with E-state index in [2.05, 4.69) is 41.5 Å². The topological polar surface area (TPSA) is 237 Å². The van der Waals surface area contributed by atoms with Gasteiger partial charge in [-0.1, -0.05) is 324 Å². The molecule has 546 valence electrons. The first-order chi connectivity index (χ1) is 44.4. The van der Waals surface area contributed by atoms with Crippen molar-refractivity contribution in [2.75, 3.05) is 39.6 Å². The molecule has 3 N–H and O–H groups in total. The number of hydrogen-bond acceptors (Lipinski definition) is 15. The molecule has 0 aliphatic heterocycles. The second kappa shape index (κ2) is 65.0. The Morgan fingerprint density at radius 1 is 0.293 bits per heavy atom. The van der Waals surface area contributed by atoms with Crippen LogP contribution in [-0.4, -0.2) is 96.7 Å². The Morgan fingerprint density at radius 2 is 0.500 bits per heavy atom. The number of phosphoric acid groups is 2. The molecule has 0 saturated carbocycles. The SMILES string of the molecule is CCCCCCCCCCCCCCCCCCC(=O)OC[C@H](COP(=O)(O)OC[C@@H](O)COP(=O)(O)OC[C@@H](COC(=O)CCCCCCCCC(C)C)OC(=O)CCCCCCCCCCCC)OC(=O)CCCCCCCCCCCCCCCCC(C)C. The Bertz CT molecular complexity index is 1790. The van der Waals surface area contributed by atoms with Gasteiger partial charge < -0.3 is 33.8 Å². The number of aliphatic hydroxyl groups excluding tert-OH is 1. The van der Waals surface area contributed by atoms with Crippen LogP contribution in [0.4, 0.5) is 0 Å². The van der Waals surface area contributed by atoms with Crippen LogP contribution in [0.1, 0.15) is 375 Å². The van der Waals surface area contributed by atoms with Crippen LogP contribution in [0.2, 0.25) is 0 Å². The van der Waals surface area contributed by atoms with Gasteiger partial charge in [0.2, 0.25) is 0 Å². The Hall–Kier alpha value is -1.94. The van der Waals surface area contributed by atoms with Crippen molar-refractivity contribution in [1.82, 2.24) is 0 Å². The molecule has 0 aromatic heterocycles. The van der Waals surface area contributed by atoms with E-state index in [-0.39, 0.29) is 25.7 Å². The Balaban J connectivity index is 5.22. The number of unbranched alkanes of at least 4 members (excludes halogenated alkanes) is 42. The molecule has 0 fully saturated rings. The van der Waals surface area contributed by atoms with E-state index in [4.69, 9.17) is 37.0 Å². The van der Waals surface area contributed by atoms with Gasteiger partial charge in [-0.2, -0.15) is 0 Å². The zero-order valence-electron chi connectivity index (χ0n) is 59.9. The second-order valence-corrected chi connectivity index (χ2v) is 30.2. The predicted molar refractivity (Wildman–Crippen MR) is 372 cm³/mol. The van der Waals surface area contributed by atoms with Crippen LogP contribution in [0.5, 0.6) is 0 Å². The maximum absolute atomic E-state index is 13.1. The summed E-state index contributed by atoms with van der Waals surface area (Å²) in [5, 5.41) is 10.6. The molecule has 0 aliphatic rings. The van der Waals surface area contributed by atoms with Crippen LogP contribution < -0.4 is 0 Å². The lowest BCUT2D eigenvalue weighted by molar-refractivity contribution is -0.161. The number of esters is 4. The summed E-state index contributed by atoms with van der Waals surface area (Å²) in [6.07, 6.45) is 51.5. The summed E-state index contributed by atoms with van der Waals surface area (Å²) in [5.41, 5.74) is 0. The van der Waals surface area contributed by atoms with Gasteiger partial charge in [0.25, 0.3) is 0 Å². The lowest BCUT2D eigenvalue weighted by atomic mass is 10.0. The fourth-order valence-electron chi connectivity index (χ4n) is 11.1. The maximum atomic E-state index is 13.1. The zero-order chi connectivity index (χ0) is 67.9. The highest BCUT2D eigenvalue weighted by Crippen LogP contribution is 2.45. The van der Waals surface area contributed by atoms with Crippen molar-refractivity contribution in [3.8, 4) is 0 Å². The van der Waals surface area contributed by atoms with Gasteiger partial charge in [-0.15, -0.1) is 0 Å². The molecule has 0 radical (unpaired) electrons. The number of carbonyl (C=O) groups is 4. The predicted octanol–water partition coefficient (Wildman–Crippen LogP) is 21.2. The highest BCUT2D eigenvalue weighted by atomic mass is 31.2. The summed E-state index contributed by atoms with van der Waals surface area (Å²) in [5.74, 6) is -0.646. The van der Waals surface area contributed by atoms with Gasteiger partial charge in [0.05, 0.1) is 26.4 Å². The third kappa shape index (κ3) is 66.7. The number of carbonyl (C=O) groups excluding carboxylic acids is 4. The van der Waals surface area contributed by atoms with E-state index in [1.165, 1.54) is 186 Å². The van der Waals surface area contributed by atoms with Gasteiger partial charge in [0, 0.05) is 25.7 Å². The second-order valence-electron chi connectivity index (χ2n) is 27.3. The maximum Gasteiger partial charge on any atom is 0.472 e. The number of hydrogen-bond donors (Lipinski definition) is 3. The minimum absolute atomic E-state index is 0.105. The molecule has 0 amide bonds. The molecule has 0 aromatic carbocycles. The van der Waals surface area contributed by atoms with Crippen molar-refractivity contribution in [3.63, 3.8) is 0 Å². The first-order valence-electron chi connectivity index (χ1n) is 38.0. The lowest BCUT2D eigenvalue weighted by Crippen LogP contribution is -2.30. The van der Waals surface area contributed by atoms with Crippen molar-refractivity contribution >= 4 is 39.5 Å². The van der Waals surface area contributed by atoms with Crippen molar-refractivity contribution in [1.29, 1.82) is 0 Å². The minimum Gasteiger partial charge on any atom is -0.462 e. The molecule has 19 heteroatoms. The average Bonchev–Trinajstić information content (AvgIpc) is 1.99. The first-order valence-corrected chi connectivity index (χ1v) is 41.0. The van der Waals surface area contributed by atoms with Gasteiger partial charge in [-0.3, -0.25) is 37.3 Å². The molecule has 0 heterocycles. The van der Waals surface area contributed by atoms with E-state index in [1.807, 2.05) is 0 Å². The molecular weight excluding hydrogens is 1210 g/mol. The summed E-state index contributed by atoms with van der Waals surface area (Å²) in [6.45, 7) is 9.50. The molecule has 0 rings (SSSR count). The van der Waals surface area contributed by atoms with E-state index >= 15 is 0 Å².